The van der Waals surface area contributed by atoms with Gasteiger partial charge >= 0.3 is 0 Å². The molecule has 2 aliphatic heterocycles. The second-order valence-electron chi connectivity index (χ2n) is 7.17. The van der Waals surface area contributed by atoms with E-state index in [1.165, 1.54) is 12.8 Å². The van der Waals surface area contributed by atoms with E-state index < -0.39 is 0 Å². The van der Waals surface area contributed by atoms with Crippen LogP contribution < -0.4 is 5.43 Å². The van der Waals surface area contributed by atoms with Gasteiger partial charge in [-0.3, -0.25) is 14.3 Å². The summed E-state index contributed by atoms with van der Waals surface area (Å²) in [7, 11) is 1.94. The number of carbonyl (C=O) groups excluding carboxylic acids is 1. The number of nitrogens with one attached hydrogen (secondary N) is 1. The van der Waals surface area contributed by atoms with E-state index in [-0.39, 0.29) is 11.8 Å². The summed E-state index contributed by atoms with van der Waals surface area (Å²) in [6.07, 6.45) is 6.18. The minimum absolute atomic E-state index is 0.0548. The smallest absolute Gasteiger partial charge is 0.195 e. The molecule has 7 heteroatoms. The lowest BCUT2D eigenvalue weighted by molar-refractivity contribution is 0.102. The number of imidazole rings is 1. The molecular formula is C20H24ClN5O. The minimum Gasteiger partial charge on any atom is -0.303 e. The third-order valence-electron chi connectivity index (χ3n) is 5.42. The molecule has 6 nitrogen and oxygen atoms in total. The zero-order chi connectivity index (χ0) is 19.0. The number of hydrazine groups is 1. The third kappa shape index (κ3) is 3.40. The number of ketones is 1. The van der Waals surface area contributed by atoms with E-state index in [9.17, 15) is 4.79 Å². The molecule has 0 saturated carbocycles. The SMILES string of the molecule is CC1C(C(=O)c2ccccc2Cl)=C(n2ccnc2CN2CCCC2)NN1C. The number of aromatic nitrogens is 2. The quantitative estimate of drug-likeness (QED) is 0.802. The van der Waals surface area contributed by atoms with Crippen molar-refractivity contribution in [2.75, 3.05) is 20.1 Å². The number of Topliss-reactive ketones (excluding diaryl/α,β-unsaturated/α-hetero) is 1. The van der Waals surface area contributed by atoms with Crippen LogP contribution in [-0.4, -0.2) is 51.4 Å². The molecule has 1 aromatic carbocycles. The predicted octanol–water partition coefficient (Wildman–Crippen LogP) is 3.02. The van der Waals surface area contributed by atoms with Crippen molar-refractivity contribution >= 4 is 23.2 Å². The highest BCUT2D eigenvalue weighted by atomic mass is 35.5. The number of rotatable bonds is 5. The lowest BCUT2D eigenvalue weighted by Gasteiger charge is -2.18. The van der Waals surface area contributed by atoms with Gasteiger partial charge in [0, 0.05) is 25.0 Å². The molecule has 4 rings (SSSR count). The van der Waals surface area contributed by atoms with Crippen LogP contribution in [0.15, 0.2) is 42.2 Å². The summed E-state index contributed by atoms with van der Waals surface area (Å²) < 4.78 is 2.00. The number of carbonyl (C=O) groups is 1. The Balaban J connectivity index is 1.74. The highest BCUT2D eigenvalue weighted by molar-refractivity contribution is 6.35. The summed E-state index contributed by atoms with van der Waals surface area (Å²) in [5.41, 5.74) is 4.57. The van der Waals surface area contributed by atoms with Gasteiger partial charge in [0.15, 0.2) is 5.78 Å². The Kier molecular flexibility index (Phi) is 5.04. The molecule has 0 aliphatic carbocycles. The summed E-state index contributed by atoms with van der Waals surface area (Å²) in [6.45, 7) is 4.99. The Morgan fingerprint density at radius 1 is 1.30 bits per heavy atom. The lowest BCUT2D eigenvalue weighted by Crippen LogP contribution is -2.34. The molecule has 142 valence electrons. The summed E-state index contributed by atoms with van der Waals surface area (Å²) in [4.78, 5) is 20.3. The van der Waals surface area contributed by atoms with Crippen molar-refractivity contribution in [3.63, 3.8) is 0 Å². The summed E-state index contributed by atoms with van der Waals surface area (Å²) in [5.74, 6) is 1.65. The van der Waals surface area contributed by atoms with Gasteiger partial charge in [0.1, 0.15) is 11.6 Å². The Labute approximate surface area is 164 Å². The van der Waals surface area contributed by atoms with Gasteiger partial charge in [-0.25, -0.2) is 9.99 Å². The standard InChI is InChI=1S/C20H24ClN5O/c1-14-18(19(27)15-7-3-4-8-16(15)21)20(23-24(14)2)26-12-9-22-17(26)13-25-10-5-6-11-25/h3-4,7-9,12,14,23H,5-6,10-11,13H2,1-2H3. The number of nitrogens with zero attached hydrogens (tertiary/aromatic N) is 4. The van der Waals surface area contributed by atoms with Gasteiger partial charge in [-0.15, -0.1) is 0 Å². The number of hydrogen-bond donors (Lipinski definition) is 1. The Bertz CT molecular complexity index is 884. The fourth-order valence-electron chi connectivity index (χ4n) is 3.78. The van der Waals surface area contributed by atoms with Crippen molar-refractivity contribution in [1.29, 1.82) is 0 Å². The van der Waals surface area contributed by atoms with E-state index in [2.05, 4.69) is 15.3 Å². The van der Waals surface area contributed by atoms with Gasteiger partial charge in [0.2, 0.25) is 0 Å². The minimum atomic E-state index is -0.0780. The maximum Gasteiger partial charge on any atom is 0.195 e. The second kappa shape index (κ2) is 7.46. The Hall–Kier alpha value is -2.15. The van der Waals surface area contributed by atoms with Crippen LogP contribution in [0.4, 0.5) is 0 Å². The molecule has 1 fully saturated rings. The molecule has 3 heterocycles. The molecule has 1 N–H and O–H groups in total. The number of hydrogen-bond acceptors (Lipinski definition) is 5. The van der Waals surface area contributed by atoms with Gasteiger partial charge in [-0.05, 0) is 45.0 Å². The largest absolute Gasteiger partial charge is 0.303 e. The van der Waals surface area contributed by atoms with Gasteiger partial charge < -0.3 is 5.43 Å². The summed E-state index contributed by atoms with van der Waals surface area (Å²) >= 11 is 6.30. The van der Waals surface area contributed by atoms with Crippen molar-refractivity contribution in [2.24, 2.45) is 0 Å². The first-order chi connectivity index (χ1) is 13.1. The zero-order valence-electron chi connectivity index (χ0n) is 15.7. The van der Waals surface area contributed by atoms with E-state index in [1.807, 2.05) is 41.9 Å². The van der Waals surface area contributed by atoms with Crippen molar-refractivity contribution < 1.29 is 4.79 Å². The maximum absolute atomic E-state index is 13.3. The zero-order valence-corrected chi connectivity index (χ0v) is 16.4. The van der Waals surface area contributed by atoms with E-state index in [0.29, 0.717) is 16.2 Å². The molecule has 0 bridgehead atoms. The van der Waals surface area contributed by atoms with Gasteiger partial charge in [-0.2, -0.15) is 0 Å². The van der Waals surface area contributed by atoms with Crippen LogP contribution in [-0.2, 0) is 6.54 Å². The van der Waals surface area contributed by atoms with Gasteiger partial charge in [-0.1, -0.05) is 23.7 Å². The Morgan fingerprint density at radius 2 is 2.04 bits per heavy atom. The normalized spacial score (nSPS) is 21.1. The number of likely N-dealkylation sites (tertiary alicyclic amines) is 1. The van der Waals surface area contributed by atoms with Crippen molar-refractivity contribution in [3.8, 4) is 0 Å². The van der Waals surface area contributed by atoms with Crippen LogP contribution in [0.3, 0.4) is 0 Å². The molecule has 0 spiro atoms. The van der Waals surface area contributed by atoms with Crippen molar-refractivity contribution in [2.45, 2.75) is 32.4 Å². The van der Waals surface area contributed by atoms with Gasteiger partial charge in [0.25, 0.3) is 0 Å². The van der Waals surface area contributed by atoms with E-state index in [0.717, 1.165) is 31.3 Å². The molecular weight excluding hydrogens is 362 g/mol. The summed E-state index contributed by atoms with van der Waals surface area (Å²) in [5, 5.41) is 2.41. The molecule has 1 atom stereocenters. The second-order valence-corrected chi connectivity index (χ2v) is 7.57. The molecule has 2 aliphatic rings. The topological polar surface area (TPSA) is 53.4 Å². The third-order valence-corrected chi connectivity index (χ3v) is 5.75. The lowest BCUT2D eigenvalue weighted by atomic mass is 9.98. The Morgan fingerprint density at radius 3 is 2.78 bits per heavy atom. The number of halogens is 1. The molecule has 0 radical (unpaired) electrons. The molecule has 1 unspecified atom stereocenters. The molecule has 1 aromatic heterocycles. The number of benzene rings is 1. The predicted molar refractivity (Wildman–Crippen MR) is 106 cm³/mol. The van der Waals surface area contributed by atoms with E-state index >= 15 is 0 Å². The van der Waals surface area contributed by atoms with Crippen LogP contribution >= 0.6 is 11.6 Å². The van der Waals surface area contributed by atoms with Crippen LogP contribution in [0.25, 0.3) is 5.82 Å². The van der Waals surface area contributed by atoms with Crippen LogP contribution in [0.2, 0.25) is 5.02 Å². The number of likely N-dealkylation sites (N-methyl/N-ethyl adjacent to an activating group) is 1. The first-order valence-corrected chi connectivity index (χ1v) is 9.72. The van der Waals surface area contributed by atoms with Crippen LogP contribution in [0.1, 0.15) is 35.9 Å². The monoisotopic (exact) mass is 385 g/mol. The first kappa shape index (κ1) is 18.2. The highest BCUT2D eigenvalue weighted by Crippen LogP contribution is 2.29. The fraction of sp³-hybridized carbons (Fsp3) is 0.400. The summed E-state index contributed by atoms with van der Waals surface area (Å²) in [6, 6.07) is 7.12. The van der Waals surface area contributed by atoms with E-state index in [1.54, 1.807) is 18.3 Å². The molecule has 27 heavy (non-hydrogen) atoms. The van der Waals surface area contributed by atoms with Crippen LogP contribution in [0.5, 0.6) is 0 Å². The molecule has 1 saturated heterocycles. The molecule has 0 amide bonds. The highest BCUT2D eigenvalue weighted by Gasteiger charge is 2.34. The van der Waals surface area contributed by atoms with Crippen molar-refractivity contribution in [3.05, 3.63) is 58.6 Å². The fourth-order valence-corrected chi connectivity index (χ4v) is 4.00. The van der Waals surface area contributed by atoms with Gasteiger partial charge in [0.05, 0.1) is 23.2 Å². The average molecular weight is 386 g/mol. The molecule has 2 aromatic rings. The van der Waals surface area contributed by atoms with Crippen LogP contribution in [0, 0.1) is 0 Å². The van der Waals surface area contributed by atoms with Crippen molar-refractivity contribution in [1.82, 2.24) is 24.9 Å². The van der Waals surface area contributed by atoms with E-state index in [4.69, 9.17) is 11.6 Å². The first-order valence-electron chi connectivity index (χ1n) is 9.34. The average Bonchev–Trinajstić information content (AvgIpc) is 3.38. The maximum atomic E-state index is 13.3.